The SMILES string of the molecule is Cc1nn(C)c2nc(C3CC3)cc(C(=O)Nc3nnc(C45CC6CC(CC(C6)C4)C5)s3)c12. The van der Waals surface area contributed by atoms with Crippen LogP contribution in [0.3, 0.4) is 0 Å². The summed E-state index contributed by atoms with van der Waals surface area (Å²) in [4.78, 5) is 18.2. The summed E-state index contributed by atoms with van der Waals surface area (Å²) in [7, 11) is 1.89. The number of fused-ring (bicyclic) bond motifs is 1. The molecule has 0 radical (unpaired) electrons. The largest absolute Gasteiger partial charge is 0.296 e. The number of aromatic nitrogens is 5. The van der Waals surface area contributed by atoms with Gasteiger partial charge >= 0.3 is 0 Å². The van der Waals surface area contributed by atoms with Crippen LogP contribution in [0.2, 0.25) is 0 Å². The Labute approximate surface area is 191 Å². The van der Waals surface area contributed by atoms with Crippen LogP contribution in [0.1, 0.15) is 84.0 Å². The van der Waals surface area contributed by atoms with Gasteiger partial charge in [0.15, 0.2) is 5.65 Å². The summed E-state index contributed by atoms with van der Waals surface area (Å²) in [5.74, 6) is 2.92. The van der Waals surface area contributed by atoms with Crippen molar-refractivity contribution in [3.63, 3.8) is 0 Å². The van der Waals surface area contributed by atoms with Gasteiger partial charge in [0.2, 0.25) is 5.13 Å². The predicted molar refractivity (Wildman–Crippen MR) is 123 cm³/mol. The summed E-state index contributed by atoms with van der Waals surface area (Å²) in [6.45, 7) is 1.94. The van der Waals surface area contributed by atoms with E-state index in [1.165, 1.54) is 38.5 Å². The van der Waals surface area contributed by atoms with Gasteiger partial charge < -0.3 is 0 Å². The van der Waals surface area contributed by atoms with Crippen molar-refractivity contribution in [3.8, 4) is 0 Å². The number of hydrogen-bond donors (Lipinski definition) is 1. The van der Waals surface area contributed by atoms with Crippen LogP contribution in [0.5, 0.6) is 0 Å². The average Bonchev–Trinajstić information content (AvgIpc) is 3.42. The molecule has 8 rings (SSSR count). The van der Waals surface area contributed by atoms with Crippen LogP contribution >= 0.6 is 11.3 Å². The van der Waals surface area contributed by atoms with Gasteiger partial charge in [-0.3, -0.25) is 14.8 Å². The van der Waals surface area contributed by atoms with Crippen molar-refractivity contribution >= 4 is 33.4 Å². The molecule has 5 aliphatic rings. The van der Waals surface area contributed by atoms with Gasteiger partial charge in [0.05, 0.1) is 16.6 Å². The molecule has 7 nitrogen and oxygen atoms in total. The number of rotatable bonds is 4. The van der Waals surface area contributed by atoms with E-state index in [1.54, 1.807) is 16.0 Å². The van der Waals surface area contributed by atoms with Crippen LogP contribution in [0.25, 0.3) is 11.0 Å². The van der Waals surface area contributed by atoms with Crippen molar-refractivity contribution < 1.29 is 4.79 Å². The molecule has 5 saturated carbocycles. The maximum Gasteiger partial charge on any atom is 0.258 e. The van der Waals surface area contributed by atoms with E-state index in [9.17, 15) is 4.79 Å². The second-order valence-electron chi connectivity index (χ2n) is 10.8. The Morgan fingerprint density at radius 3 is 2.47 bits per heavy atom. The molecule has 4 bridgehead atoms. The smallest absolute Gasteiger partial charge is 0.258 e. The third-order valence-corrected chi connectivity index (χ3v) is 9.45. The Morgan fingerprint density at radius 1 is 1.12 bits per heavy atom. The van der Waals surface area contributed by atoms with Gasteiger partial charge in [-0.15, -0.1) is 10.2 Å². The first kappa shape index (κ1) is 19.1. The molecule has 32 heavy (non-hydrogen) atoms. The second-order valence-corrected chi connectivity index (χ2v) is 11.8. The maximum atomic E-state index is 13.4. The van der Waals surface area contributed by atoms with E-state index in [-0.39, 0.29) is 11.3 Å². The number of aryl methyl sites for hydroxylation is 2. The zero-order chi connectivity index (χ0) is 21.6. The van der Waals surface area contributed by atoms with Gasteiger partial charge in [-0.25, -0.2) is 4.98 Å². The van der Waals surface area contributed by atoms with Gasteiger partial charge in [0, 0.05) is 24.1 Å². The number of carbonyl (C=O) groups excluding carboxylic acids is 1. The molecule has 3 aromatic heterocycles. The van der Waals surface area contributed by atoms with E-state index >= 15 is 0 Å². The minimum atomic E-state index is -0.136. The summed E-state index contributed by atoms with van der Waals surface area (Å²) < 4.78 is 1.78. The molecule has 1 amide bonds. The zero-order valence-corrected chi connectivity index (χ0v) is 19.4. The molecule has 5 aliphatic carbocycles. The van der Waals surface area contributed by atoms with E-state index < -0.39 is 0 Å². The minimum Gasteiger partial charge on any atom is -0.296 e. The molecule has 3 heterocycles. The Bertz CT molecular complexity index is 1220. The maximum absolute atomic E-state index is 13.4. The topological polar surface area (TPSA) is 85.6 Å². The van der Waals surface area contributed by atoms with Crippen LogP contribution in [0.15, 0.2) is 6.07 Å². The van der Waals surface area contributed by atoms with Crippen LogP contribution in [0.4, 0.5) is 5.13 Å². The summed E-state index contributed by atoms with van der Waals surface area (Å²) >= 11 is 1.59. The second kappa shape index (κ2) is 6.59. The van der Waals surface area contributed by atoms with Crippen molar-refractivity contribution in [1.29, 1.82) is 0 Å². The van der Waals surface area contributed by atoms with E-state index in [0.29, 0.717) is 16.6 Å². The monoisotopic (exact) mass is 448 g/mol. The minimum absolute atomic E-state index is 0.136. The molecular weight excluding hydrogens is 420 g/mol. The molecular formula is C24H28N6OS. The standard InChI is InChI=1S/C24H28N6OS/c1-12-19-17(8-18(16-3-4-16)25-20(19)30(2)29-12)21(31)26-23-28-27-22(32-23)24-9-13-5-14(10-24)7-15(6-13)11-24/h8,13-16H,3-7,9-11H2,1-2H3,(H,26,28,31). The van der Waals surface area contributed by atoms with Gasteiger partial charge in [-0.2, -0.15) is 5.10 Å². The lowest BCUT2D eigenvalue weighted by atomic mass is 9.50. The highest BCUT2D eigenvalue weighted by molar-refractivity contribution is 7.15. The molecule has 1 N–H and O–H groups in total. The van der Waals surface area contributed by atoms with E-state index in [1.807, 2.05) is 20.0 Å². The summed E-state index contributed by atoms with van der Waals surface area (Å²) in [6.07, 6.45) is 10.3. The Balaban J connectivity index is 1.20. The average molecular weight is 449 g/mol. The van der Waals surface area contributed by atoms with Gasteiger partial charge in [-0.1, -0.05) is 11.3 Å². The van der Waals surface area contributed by atoms with E-state index in [4.69, 9.17) is 4.98 Å². The van der Waals surface area contributed by atoms with Gasteiger partial charge in [0.1, 0.15) is 5.01 Å². The third kappa shape index (κ3) is 2.87. The zero-order valence-electron chi connectivity index (χ0n) is 18.6. The first-order valence-corrected chi connectivity index (χ1v) is 12.8. The van der Waals surface area contributed by atoms with Crippen molar-refractivity contribution in [3.05, 3.63) is 28.0 Å². The van der Waals surface area contributed by atoms with E-state index in [0.717, 1.165) is 58.0 Å². The molecule has 0 saturated heterocycles. The molecule has 3 aromatic rings. The van der Waals surface area contributed by atoms with Crippen molar-refractivity contribution in [1.82, 2.24) is 25.0 Å². The quantitative estimate of drug-likeness (QED) is 0.624. The number of pyridine rings is 1. The molecule has 0 aromatic carbocycles. The lowest BCUT2D eigenvalue weighted by Crippen LogP contribution is -2.48. The normalized spacial score (nSPS) is 30.9. The Kier molecular flexibility index (Phi) is 3.94. The molecule has 166 valence electrons. The highest BCUT2D eigenvalue weighted by atomic mass is 32.1. The van der Waals surface area contributed by atoms with Crippen LogP contribution in [-0.2, 0) is 12.5 Å². The fourth-order valence-corrected chi connectivity index (χ4v) is 8.21. The van der Waals surface area contributed by atoms with E-state index in [2.05, 4.69) is 20.6 Å². The number of anilines is 1. The lowest BCUT2D eigenvalue weighted by Gasteiger charge is -2.55. The van der Waals surface area contributed by atoms with Gasteiger partial charge in [-0.05, 0) is 82.1 Å². The number of nitrogens with zero attached hydrogens (tertiary/aromatic N) is 5. The Hall–Kier alpha value is -2.35. The molecule has 0 atom stereocenters. The van der Waals surface area contributed by atoms with Crippen molar-refractivity contribution in [2.75, 3.05) is 5.32 Å². The first-order chi connectivity index (χ1) is 15.5. The molecule has 0 unspecified atom stereocenters. The molecule has 8 heteroatoms. The third-order valence-electron chi connectivity index (χ3n) is 8.37. The highest BCUT2D eigenvalue weighted by Crippen LogP contribution is 2.61. The first-order valence-electron chi connectivity index (χ1n) is 12.0. The van der Waals surface area contributed by atoms with Gasteiger partial charge in [0.25, 0.3) is 5.91 Å². The molecule has 0 aliphatic heterocycles. The number of carbonyl (C=O) groups is 1. The highest BCUT2D eigenvalue weighted by Gasteiger charge is 2.53. The Morgan fingerprint density at radius 2 is 1.81 bits per heavy atom. The molecule has 5 fully saturated rings. The fourth-order valence-electron chi connectivity index (χ4n) is 7.26. The number of amides is 1. The number of hydrogen-bond acceptors (Lipinski definition) is 6. The summed E-state index contributed by atoms with van der Waals surface area (Å²) in [5, 5.41) is 19.2. The van der Waals surface area contributed by atoms with Crippen molar-refractivity contribution in [2.45, 2.75) is 69.6 Å². The van der Waals surface area contributed by atoms with Crippen LogP contribution < -0.4 is 5.32 Å². The number of nitrogens with one attached hydrogen (secondary N) is 1. The lowest BCUT2D eigenvalue weighted by molar-refractivity contribution is -0.00555. The summed E-state index contributed by atoms with van der Waals surface area (Å²) in [5.41, 5.74) is 3.46. The predicted octanol–water partition coefficient (Wildman–Crippen LogP) is 4.73. The van der Waals surface area contributed by atoms with Crippen LogP contribution in [-0.4, -0.2) is 30.9 Å². The van der Waals surface area contributed by atoms with Crippen molar-refractivity contribution in [2.24, 2.45) is 24.8 Å². The van der Waals surface area contributed by atoms with Crippen LogP contribution in [0, 0.1) is 24.7 Å². The summed E-state index contributed by atoms with van der Waals surface area (Å²) in [6, 6.07) is 1.96. The fraction of sp³-hybridized carbons (Fsp3) is 0.625. The molecule has 0 spiro atoms.